The zero-order valence-electron chi connectivity index (χ0n) is 9.14. The van der Waals surface area contributed by atoms with E-state index in [-0.39, 0.29) is 5.82 Å². The molecule has 0 amide bonds. The molecule has 5 heteroatoms. The van der Waals surface area contributed by atoms with E-state index in [4.69, 9.17) is 4.74 Å². The zero-order chi connectivity index (χ0) is 11.7. The summed E-state index contributed by atoms with van der Waals surface area (Å²) in [5.74, 6) is 1.01. The first kappa shape index (κ1) is 10.3. The number of nitrogens with one attached hydrogen (secondary N) is 1. The van der Waals surface area contributed by atoms with Crippen LogP contribution in [0.5, 0.6) is 11.5 Å². The average Bonchev–Trinajstić information content (AvgIpc) is 2.67. The Morgan fingerprint density at radius 3 is 2.65 bits per heavy atom. The number of aromatic nitrogens is 2. The zero-order valence-corrected chi connectivity index (χ0v) is 9.14. The minimum atomic E-state index is -0.270. The van der Waals surface area contributed by atoms with Crippen molar-refractivity contribution in [1.29, 1.82) is 0 Å². The summed E-state index contributed by atoms with van der Waals surface area (Å²) in [4.78, 5) is 0. The number of ether oxygens (including phenoxy) is 1. The van der Waals surface area contributed by atoms with Crippen LogP contribution in [0.2, 0.25) is 0 Å². The molecular formula is C12H12FN3O. The van der Waals surface area contributed by atoms with Crippen molar-refractivity contribution < 1.29 is 9.13 Å². The van der Waals surface area contributed by atoms with Crippen molar-refractivity contribution in [2.75, 3.05) is 13.1 Å². The van der Waals surface area contributed by atoms with Crippen LogP contribution in [0, 0.1) is 5.82 Å². The van der Waals surface area contributed by atoms with Gasteiger partial charge in [0.2, 0.25) is 0 Å². The number of benzene rings is 1. The summed E-state index contributed by atoms with van der Waals surface area (Å²) in [5, 5.41) is 7.41. The SMILES string of the molecule is Fc1ccc(Oc2cnn(C3CNC3)c2)cc1. The third-order valence-electron chi connectivity index (χ3n) is 2.76. The molecule has 88 valence electrons. The molecule has 1 fully saturated rings. The normalized spacial score (nSPS) is 15.6. The first-order valence-electron chi connectivity index (χ1n) is 5.49. The monoisotopic (exact) mass is 233 g/mol. The van der Waals surface area contributed by atoms with Crippen molar-refractivity contribution in [2.45, 2.75) is 6.04 Å². The maximum absolute atomic E-state index is 12.7. The number of rotatable bonds is 3. The van der Waals surface area contributed by atoms with E-state index in [2.05, 4.69) is 10.4 Å². The molecule has 1 saturated heterocycles. The molecular weight excluding hydrogens is 221 g/mol. The van der Waals surface area contributed by atoms with E-state index in [1.807, 2.05) is 10.9 Å². The van der Waals surface area contributed by atoms with Gasteiger partial charge in [-0.05, 0) is 24.3 Å². The third kappa shape index (κ3) is 2.14. The van der Waals surface area contributed by atoms with E-state index in [0.29, 0.717) is 17.5 Å². The number of nitrogens with zero attached hydrogens (tertiary/aromatic N) is 2. The molecule has 4 nitrogen and oxygen atoms in total. The second-order valence-corrected chi connectivity index (χ2v) is 4.02. The van der Waals surface area contributed by atoms with Crippen LogP contribution in [0.4, 0.5) is 4.39 Å². The van der Waals surface area contributed by atoms with Gasteiger partial charge in [0.05, 0.1) is 18.4 Å². The number of hydrogen-bond donors (Lipinski definition) is 1. The van der Waals surface area contributed by atoms with Gasteiger partial charge in [-0.2, -0.15) is 5.10 Å². The van der Waals surface area contributed by atoms with Crippen molar-refractivity contribution in [3.05, 3.63) is 42.5 Å². The molecule has 17 heavy (non-hydrogen) atoms. The largest absolute Gasteiger partial charge is 0.454 e. The Hall–Kier alpha value is -1.88. The average molecular weight is 233 g/mol. The fourth-order valence-electron chi connectivity index (χ4n) is 1.67. The minimum absolute atomic E-state index is 0.270. The minimum Gasteiger partial charge on any atom is -0.454 e. The van der Waals surface area contributed by atoms with Crippen molar-refractivity contribution >= 4 is 0 Å². The van der Waals surface area contributed by atoms with Crippen LogP contribution in [-0.4, -0.2) is 22.9 Å². The van der Waals surface area contributed by atoms with Crippen molar-refractivity contribution in [3.8, 4) is 11.5 Å². The second kappa shape index (κ2) is 4.18. The van der Waals surface area contributed by atoms with Crippen LogP contribution in [0.3, 0.4) is 0 Å². The second-order valence-electron chi connectivity index (χ2n) is 4.02. The fraction of sp³-hybridized carbons (Fsp3) is 0.250. The van der Waals surface area contributed by atoms with Gasteiger partial charge < -0.3 is 10.1 Å². The lowest BCUT2D eigenvalue weighted by Gasteiger charge is -2.26. The molecule has 1 aliphatic heterocycles. The lowest BCUT2D eigenvalue weighted by atomic mass is 10.2. The summed E-state index contributed by atoms with van der Waals surface area (Å²) >= 11 is 0. The van der Waals surface area contributed by atoms with Gasteiger partial charge in [-0.1, -0.05) is 0 Å². The van der Waals surface area contributed by atoms with E-state index in [9.17, 15) is 4.39 Å². The van der Waals surface area contributed by atoms with Gasteiger partial charge >= 0.3 is 0 Å². The highest BCUT2D eigenvalue weighted by Crippen LogP contribution is 2.22. The number of halogens is 1. The Labute approximate surface area is 98.0 Å². The first-order chi connectivity index (χ1) is 8.31. The highest BCUT2D eigenvalue weighted by molar-refractivity contribution is 5.28. The molecule has 0 atom stereocenters. The molecule has 1 aliphatic rings. The summed E-state index contributed by atoms with van der Waals surface area (Å²) in [6, 6.07) is 6.35. The fourth-order valence-corrected chi connectivity index (χ4v) is 1.67. The van der Waals surface area contributed by atoms with Gasteiger partial charge in [0.25, 0.3) is 0 Å². The Kier molecular flexibility index (Phi) is 2.53. The van der Waals surface area contributed by atoms with Gasteiger partial charge in [-0.15, -0.1) is 0 Å². The van der Waals surface area contributed by atoms with E-state index >= 15 is 0 Å². The summed E-state index contributed by atoms with van der Waals surface area (Å²) < 4.78 is 20.2. The topological polar surface area (TPSA) is 39.1 Å². The molecule has 1 N–H and O–H groups in total. The standard InChI is InChI=1S/C12H12FN3O/c13-9-1-3-11(4-2-9)17-12-7-15-16(8-12)10-5-14-6-10/h1-4,7-8,10,14H,5-6H2. The van der Waals surface area contributed by atoms with Gasteiger partial charge in [-0.3, -0.25) is 4.68 Å². The summed E-state index contributed by atoms with van der Waals surface area (Å²) in [7, 11) is 0. The molecule has 0 aliphatic carbocycles. The molecule has 0 spiro atoms. The van der Waals surface area contributed by atoms with Crippen LogP contribution in [0.1, 0.15) is 6.04 Å². The summed E-state index contributed by atoms with van der Waals surface area (Å²) in [6.07, 6.45) is 3.52. The van der Waals surface area contributed by atoms with Crippen LogP contribution in [-0.2, 0) is 0 Å². The Morgan fingerprint density at radius 1 is 1.24 bits per heavy atom. The molecule has 0 unspecified atom stereocenters. The van der Waals surface area contributed by atoms with Gasteiger partial charge in [0.1, 0.15) is 11.6 Å². The molecule has 0 radical (unpaired) electrons. The predicted octanol–water partition coefficient (Wildman–Crippen LogP) is 1.96. The maximum Gasteiger partial charge on any atom is 0.165 e. The molecule has 3 rings (SSSR count). The quantitative estimate of drug-likeness (QED) is 0.880. The van der Waals surface area contributed by atoms with Crippen molar-refractivity contribution in [2.24, 2.45) is 0 Å². The van der Waals surface area contributed by atoms with Crippen LogP contribution in [0.25, 0.3) is 0 Å². The van der Waals surface area contributed by atoms with E-state index in [1.165, 1.54) is 12.1 Å². The lowest BCUT2D eigenvalue weighted by Crippen LogP contribution is -2.43. The molecule has 2 heterocycles. The maximum atomic E-state index is 12.7. The highest BCUT2D eigenvalue weighted by atomic mass is 19.1. The molecule has 0 bridgehead atoms. The molecule has 2 aromatic rings. The van der Waals surface area contributed by atoms with Gasteiger partial charge in [0.15, 0.2) is 5.75 Å². The van der Waals surface area contributed by atoms with Gasteiger partial charge in [0, 0.05) is 13.1 Å². The smallest absolute Gasteiger partial charge is 0.165 e. The van der Waals surface area contributed by atoms with Crippen molar-refractivity contribution in [3.63, 3.8) is 0 Å². The Bertz CT molecular complexity index is 505. The van der Waals surface area contributed by atoms with Crippen LogP contribution >= 0.6 is 0 Å². The van der Waals surface area contributed by atoms with Crippen molar-refractivity contribution in [1.82, 2.24) is 15.1 Å². The Morgan fingerprint density at radius 2 is 2.00 bits per heavy atom. The van der Waals surface area contributed by atoms with Crippen LogP contribution < -0.4 is 10.1 Å². The predicted molar refractivity (Wildman–Crippen MR) is 60.6 cm³/mol. The number of hydrogen-bond acceptors (Lipinski definition) is 3. The molecule has 1 aromatic carbocycles. The molecule has 0 saturated carbocycles. The third-order valence-corrected chi connectivity index (χ3v) is 2.76. The van der Waals surface area contributed by atoms with E-state index in [1.54, 1.807) is 18.3 Å². The first-order valence-corrected chi connectivity index (χ1v) is 5.49. The van der Waals surface area contributed by atoms with Crippen LogP contribution in [0.15, 0.2) is 36.7 Å². The highest BCUT2D eigenvalue weighted by Gasteiger charge is 2.19. The molecule has 1 aromatic heterocycles. The Balaban J connectivity index is 1.72. The summed E-state index contributed by atoms with van der Waals surface area (Å²) in [6.45, 7) is 1.88. The van der Waals surface area contributed by atoms with E-state index < -0.39 is 0 Å². The van der Waals surface area contributed by atoms with E-state index in [0.717, 1.165) is 13.1 Å². The van der Waals surface area contributed by atoms with Gasteiger partial charge in [-0.25, -0.2) is 4.39 Å². The summed E-state index contributed by atoms with van der Waals surface area (Å²) in [5.41, 5.74) is 0. The lowest BCUT2D eigenvalue weighted by molar-refractivity contribution is 0.317.